The lowest BCUT2D eigenvalue weighted by atomic mass is 10.0. The third kappa shape index (κ3) is 4.33. The van der Waals surface area contributed by atoms with E-state index in [1.807, 2.05) is 24.3 Å². The molecule has 1 fully saturated rings. The van der Waals surface area contributed by atoms with Crippen molar-refractivity contribution in [3.05, 3.63) is 42.0 Å². The van der Waals surface area contributed by atoms with Gasteiger partial charge in [0.1, 0.15) is 5.82 Å². The van der Waals surface area contributed by atoms with Crippen LogP contribution < -0.4 is 22.1 Å². The van der Waals surface area contributed by atoms with E-state index in [0.29, 0.717) is 17.9 Å². The normalized spacial score (nSPS) is 16.3. The van der Waals surface area contributed by atoms with Crippen LogP contribution in [0.1, 0.15) is 12.0 Å². The minimum atomic E-state index is -4.54. The number of aromatic nitrogens is 2. The zero-order valence-electron chi connectivity index (χ0n) is 15.7. The molecule has 1 saturated heterocycles. The van der Waals surface area contributed by atoms with Gasteiger partial charge in [-0.15, -0.1) is 24.8 Å². The van der Waals surface area contributed by atoms with Crippen LogP contribution in [0.25, 0.3) is 22.3 Å². The summed E-state index contributed by atoms with van der Waals surface area (Å²) in [5.74, 6) is 0.866. The molecule has 3 aromatic rings. The van der Waals surface area contributed by atoms with Crippen molar-refractivity contribution in [1.29, 1.82) is 0 Å². The summed E-state index contributed by atoms with van der Waals surface area (Å²) in [7, 11) is 0. The lowest BCUT2D eigenvalue weighted by Crippen LogP contribution is -2.27. The van der Waals surface area contributed by atoms with E-state index in [0.717, 1.165) is 30.5 Å². The number of nitrogens with two attached hydrogens (primary N) is 3. The number of nitrogen functional groups attached to an aromatic ring is 2. The monoisotopic (exact) mass is 460 g/mol. The molecule has 30 heavy (non-hydrogen) atoms. The summed E-state index contributed by atoms with van der Waals surface area (Å²) >= 11 is 0. The predicted molar refractivity (Wildman–Crippen MR) is 118 cm³/mol. The van der Waals surface area contributed by atoms with E-state index >= 15 is 0 Å². The maximum Gasteiger partial charge on any atom is 0.416 e. The fraction of sp³-hybridized carbons (Fsp3) is 0.263. The molecule has 2 aromatic carbocycles. The lowest BCUT2D eigenvalue weighted by molar-refractivity contribution is -0.137. The average molecular weight is 461 g/mol. The van der Waals surface area contributed by atoms with Crippen molar-refractivity contribution in [1.82, 2.24) is 9.97 Å². The summed E-state index contributed by atoms with van der Waals surface area (Å²) in [5.41, 5.74) is 17.6. The van der Waals surface area contributed by atoms with Gasteiger partial charge in [0.15, 0.2) is 5.82 Å². The van der Waals surface area contributed by atoms with Gasteiger partial charge in [0.05, 0.1) is 16.6 Å². The number of hydrogen-bond acceptors (Lipinski definition) is 6. The van der Waals surface area contributed by atoms with E-state index in [1.54, 1.807) is 0 Å². The van der Waals surface area contributed by atoms with Crippen molar-refractivity contribution >= 4 is 52.9 Å². The Kier molecular flexibility index (Phi) is 6.90. The number of alkyl halides is 3. The number of rotatable bonds is 2. The Balaban J connectivity index is 0.00000160. The van der Waals surface area contributed by atoms with E-state index in [2.05, 4.69) is 14.9 Å². The zero-order valence-corrected chi connectivity index (χ0v) is 17.3. The molecule has 2 heterocycles. The van der Waals surface area contributed by atoms with Crippen LogP contribution in [0, 0.1) is 0 Å². The Morgan fingerprint density at radius 1 is 1.00 bits per heavy atom. The van der Waals surface area contributed by atoms with Crippen LogP contribution in [0.4, 0.5) is 30.4 Å². The SMILES string of the molecule is Cl.Cl.Nc1cc(C(F)(F)F)cc(N)c1-c1nc(N2CCC(N)C2)c2ccccc2n1. The van der Waals surface area contributed by atoms with Gasteiger partial charge in [-0.05, 0) is 30.7 Å². The second-order valence-electron chi connectivity index (χ2n) is 6.91. The van der Waals surface area contributed by atoms with E-state index in [-0.39, 0.29) is 53.6 Å². The van der Waals surface area contributed by atoms with Gasteiger partial charge in [0.2, 0.25) is 0 Å². The summed E-state index contributed by atoms with van der Waals surface area (Å²) in [6, 6.07) is 9.18. The van der Waals surface area contributed by atoms with Gasteiger partial charge >= 0.3 is 6.18 Å². The predicted octanol–water partition coefficient (Wildman–Crippen LogP) is 3.86. The van der Waals surface area contributed by atoms with Crippen LogP contribution >= 0.6 is 24.8 Å². The second kappa shape index (κ2) is 8.71. The molecule has 0 radical (unpaired) electrons. The van der Waals surface area contributed by atoms with Crippen LogP contribution in [0.2, 0.25) is 0 Å². The van der Waals surface area contributed by atoms with Gasteiger partial charge in [-0.2, -0.15) is 13.2 Å². The number of benzene rings is 2. The van der Waals surface area contributed by atoms with Crippen molar-refractivity contribution in [2.24, 2.45) is 5.73 Å². The van der Waals surface area contributed by atoms with Crippen LogP contribution in [0.15, 0.2) is 36.4 Å². The highest BCUT2D eigenvalue weighted by atomic mass is 35.5. The molecule has 1 aromatic heterocycles. The average Bonchev–Trinajstić information content (AvgIpc) is 3.06. The summed E-state index contributed by atoms with van der Waals surface area (Å²) < 4.78 is 39.1. The molecule has 162 valence electrons. The second-order valence-corrected chi connectivity index (χ2v) is 6.91. The number of para-hydroxylation sites is 1. The van der Waals surface area contributed by atoms with Crippen molar-refractivity contribution in [2.75, 3.05) is 29.5 Å². The molecular weight excluding hydrogens is 440 g/mol. The number of fused-ring (bicyclic) bond motifs is 1. The first-order chi connectivity index (χ1) is 13.2. The molecule has 6 nitrogen and oxygen atoms in total. The fourth-order valence-corrected chi connectivity index (χ4v) is 3.50. The van der Waals surface area contributed by atoms with Gasteiger partial charge in [-0.3, -0.25) is 0 Å². The largest absolute Gasteiger partial charge is 0.416 e. The van der Waals surface area contributed by atoms with Crippen LogP contribution in [0.3, 0.4) is 0 Å². The standard InChI is InChI=1S/C19H19F3N6.2ClH/c20-19(21,22)10-7-13(24)16(14(25)8-10)17-26-15-4-2-1-3-12(15)18(27-17)28-6-5-11(23)9-28;;/h1-4,7-8,11H,5-6,9,23-25H2;2*1H. The Morgan fingerprint density at radius 3 is 2.20 bits per heavy atom. The number of anilines is 3. The van der Waals surface area contributed by atoms with Gasteiger partial charge in [-0.1, -0.05) is 12.1 Å². The molecule has 6 N–H and O–H groups in total. The minimum Gasteiger partial charge on any atom is -0.398 e. The minimum absolute atomic E-state index is 0. The molecule has 0 saturated carbocycles. The molecule has 0 amide bonds. The Labute approximate surface area is 183 Å². The van der Waals surface area contributed by atoms with Gasteiger partial charge < -0.3 is 22.1 Å². The Bertz CT molecular complexity index is 1040. The first-order valence-corrected chi connectivity index (χ1v) is 8.78. The molecule has 11 heteroatoms. The fourth-order valence-electron chi connectivity index (χ4n) is 3.50. The van der Waals surface area contributed by atoms with Crippen molar-refractivity contribution < 1.29 is 13.2 Å². The number of hydrogen-bond donors (Lipinski definition) is 3. The molecule has 4 rings (SSSR count). The van der Waals surface area contributed by atoms with Crippen LogP contribution in [-0.2, 0) is 6.18 Å². The van der Waals surface area contributed by atoms with Gasteiger partial charge in [-0.25, -0.2) is 9.97 Å². The molecule has 1 unspecified atom stereocenters. The summed E-state index contributed by atoms with van der Waals surface area (Å²) in [5, 5.41) is 0.837. The van der Waals surface area contributed by atoms with E-state index in [9.17, 15) is 13.2 Å². The third-order valence-corrected chi connectivity index (χ3v) is 4.86. The summed E-state index contributed by atoms with van der Waals surface area (Å²) in [4.78, 5) is 11.2. The summed E-state index contributed by atoms with van der Waals surface area (Å²) in [6.45, 7) is 1.37. The molecule has 0 spiro atoms. The van der Waals surface area contributed by atoms with E-state index < -0.39 is 11.7 Å². The summed E-state index contributed by atoms with van der Waals surface area (Å²) in [6.07, 6.45) is -3.71. The third-order valence-electron chi connectivity index (χ3n) is 4.86. The van der Waals surface area contributed by atoms with Crippen molar-refractivity contribution in [3.63, 3.8) is 0 Å². The van der Waals surface area contributed by atoms with E-state index in [4.69, 9.17) is 17.2 Å². The first kappa shape index (κ1) is 23.8. The topological polar surface area (TPSA) is 107 Å². The number of halogens is 5. The van der Waals surface area contributed by atoms with Crippen LogP contribution in [0.5, 0.6) is 0 Å². The highest BCUT2D eigenvalue weighted by Crippen LogP contribution is 2.39. The molecule has 0 bridgehead atoms. The molecule has 1 atom stereocenters. The number of nitrogens with zero attached hydrogens (tertiary/aromatic N) is 3. The maximum absolute atomic E-state index is 13.0. The van der Waals surface area contributed by atoms with E-state index in [1.165, 1.54) is 0 Å². The first-order valence-electron chi connectivity index (χ1n) is 8.78. The molecule has 1 aliphatic rings. The smallest absolute Gasteiger partial charge is 0.398 e. The highest BCUT2D eigenvalue weighted by molar-refractivity contribution is 5.93. The van der Waals surface area contributed by atoms with Gasteiger partial charge in [0, 0.05) is 35.9 Å². The molecular formula is C19H21Cl2F3N6. The Hall–Kier alpha value is -2.49. The zero-order chi connectivity index (χ0) is 20.1. The molecule has 0 aliphatic carbocycles. The molecule has 1 aliphatic heterocycles. The van der Waals surface area contributed by atoms with Crippen molar-refractivity contribution in [3.8, 4) is 11.4 Å². The highest BCUT2D eigenvalue weighted by Gasteiger charge is 2.32. The van der Waals surface area contributed by atoms with Gasteiger partial charge in [0.25, 0.3) is 0 Å². The lowest BCUT2D eigenvalue weighted by Gasteiger charge is -2.20. The maximum atomic E-state index is 13.0. The van der Waals surface area contributed by atoms with Crippen molar-refractivity contribution in [2.45, 2.75) is 18.6 Å². The van der Waals surface area contributed by atoms with Crippen LogP contribution in [-0.4, -0.2) is 29.1 Å². The Morgan fingerprint density at radius 2 is 1.63 bits per heavy atom. The quantitative estimate of drug-likeness (QED) is 0.501.